The van der Waals surface area contributed by atoms with E-state index < -0.39 is 29.7 Å². The summed E-state index contributed by atoms with van der Waals surface area (Å²) in [7, 11) is 0. The monoisotopic (exact) mass is 394 g/mol. The molecule has 0 amide bonds. The Kier molecular flexibility index (Phi) is 6.69. The van der Waals surface area contributed by atoms with E-state index in [1.807, 2.05) is 24.3 Å². The summed E-state index contributed by atoms with van der Waals surface area (Å²) in [6.45, 7) is 1.76. The Bertz CT molecular complexity index is 1090. The highest BCUT2D eigenvalue weighted by molar-refractivity contribution is 5.43. The summed E-state index contributed by atoms with van der Waals surface area (Å²) in [5.74, 6) is 10.9. The maximum Gasteiger partial charge on any atom is 0.330 e. The minimum Gasteiger partial charge on any atom is -0.394 e. The molecule has 7 nitrogen and oxygen atoms in total. The first-order valence-corrected chi connectivity index (χ1v) is 9.42. The summed E-state index contributed by atoms with van der Waals surface area (Å²) in [6, 6.07) is 7.90. The zero-order chi connectivity index (χ0) is 20.8. The van der Waals surface area contributed by atoms with Gasteiger partial charge in [-0.2, -0.15) is 0 Å². The van der Waals surface area contributed by atoms with Crippen LogP contribution < -0.4 is 11.2 Å². The van der Waals surface area contributed by atoms with Crippen LogP contribution >= 0.6 is 0 Å². The molecule has 3 N–H and O–H groups in total. The smallest absolute Gasteiger partial charge is 0.330 e. The van der Waals surface area contributed by atoms with E-state index in [4.69, 9.17) is 4.74 Å². The molecule has 0 radical (unpaired) electrons. The molecule has 1 fully saturated rings. The zero-order valence-corrected chi connectivity index (χ0v) is 16.0. The number of rotatable bonds is 4. The SMILES string of the molecule is CCCc1ccc(C#CC#Cc2cn([C@H]3C[C@H](O)[C@@H](CO)O3)c(=O)[nH]c2=O)cc1. The fourth-order valence-corrected chi connectivity index (χ4v) is 3.08. The Labute approximate surface area is 168 Å². The molecule has 29 heavy (non-hydrogen) atoms. The molecule has 2 aromatic rings. The van der Waals surface area contributed by atoms with E-state index in [2.05, 4.69) is 35.6 Å². The van der Waals surface area contributed by atoms with Gasteiger partial charge in [0.15, 0.2) is 0 Å². The maximum atomic E-state index is 12.1. The largest absolute Gasteiger partial charge is 0.394 e. The Morgan fingerprint density at radius 3 is 2.59 bits per heavy atom. The van der Waals surface area contributed by atoms with Crippen molar-refractivity contribution in [3.63, 3.8) is 0 Å². The van der Waals surface area contributed by atoms with Gasteiger partial charge in [0.1, 0.15) is 17.9 Å². The highest BCUT2D eigenvalue weighted by Crippen LogP contribution is 2.27. The van der Waals surface area contributed by atoms with Crippen LogP contribution in [0.15, 0.2) is 40.1 Å². The number of nitrogens with zero attached hydrogens (tertiary/aromatic N) is 1. The molecule has 2 heterocycles. The predicted molar refractivity (Wildman–Crippen MR) is 107 cm³/mol. The standard InChI is InChI=1S/C22H22N2O5/c1-2-5-15-8-10-16(11-9-15)6-3-4-7-17-13-24(22(28)23-21(17)27)20-12-18(26)19(14-25)29-20/h8-11,13,18-20,25-26H,2,5,12,14H2,1H3,(H,23,27,28)/t18-,19+,20+/m0/s1. The van der Waals surface area contributed by atoms with Crippen LogP contribution in [-0.2, 0) is 11.2 Å². The van der Waals surface area contributed by atoms with E-state index in [9.17, 15) is 19.8 Å². The lowest BCUT2D eigenvalue weighted by Gasteiger charge is -2.14. The molecule has 1 aliphatic heterocycles. The van der Waals surface area contributed by atoms with E-state index in [-0.39, 0.29) is 18.6 Å². The van der Waals surface area contributed by atoms with Gasteiger partial charge in [-0.3, -0.25) is 14.3 Å². The summed E-state index contributed by atoms with van der Waals surface area (Å²) in [5.41, 5.74) is 0.834. The number of aliphatic hydroxyl groups excluding tert-OH is 2. The fourth-order valence-electron chi connectivity index (χ4n) is 3.08. The number of aliphatic hydroxyl groups is 2. The van der Waals surface area contributed by atoms with Crippen molar-refractivity contribution in [3.05, 3.63) is 68.0 Å². The van der Waals surface area contributed by atoms with Gasteiger partial charge in [-0.15, -0.1) is 0 Å². The second-order valence-electron chi connectivity index (χ2n) is 6.77. The third-order valence-corrected chi connectivity index (χ3v) is 4.62. The van der Waals surface area contributed by atoms with Crippen LogP contribution in [0.1, 0.15) is 42.7 Å². The second-order valence-corrected chi connectivity index (χ2v) is 6.77. The van der Waals surface area contributed by atoms with Crippen LogP contribution in [0.3, 0.4) is 0 Å². The minimum atomic E-state index is -0.895. The number of hydrogen-bond acceptors (Lipinski definition) is 5. The van der Waals surface area contributed by atoms with Gasteiger partial charge in [0.25, 0.3) is 5.56 Å². The number of aromatic nitrogens is 2. The van der Waals surface area contributed by atoms with Crippen LogP contribution in [0, 0.1) is 23.7 Å². The van der Waals surface area contributed by atoms with Gasteiger partial charge in [-0.05, 0) is 41.9 Å². The summed E-state index contributed by atoms with van der Waals surface area (Å²) in [5, 5.41) is 19.0. The Balaban J connectivity index is 1.79. The lowest BCUT2D eigenvalue weighted by Crippen LogP contribution is -2.33. The summed E-state index contributed by atoms with van der Waals surface area (Å²) in [6.07, 6.45) is 1.05. The van der Waals surface area contributed by atoms with Crippen LogP contribution in [0.5, 0.6) is 0 Å². The molecule has 1 aromatic heterocycles. The van der Waals surface area contributed by atoms with E-state index in [1.54, 1.807) is 0 Å². The quantitative estimate of drug-likeness (QED) is 0.657. The van der Waals surface area contributed by atoms with Gasteiger partial charge < -0.3 is 14.9 Å². The molecule has 0 unspecified atom stereocenters. The average Bonchev–Trinajstić information content (AvgIpc) is 3.08. The average molecular weight is 394 g/mol. The topological polar surface area (TPSA) is 105 Å². The first kappa shape index (κ1) is 20.6. The minimum absolute atomic E-state index is 0.0581. The first-order chi connectivity index (χ1) is 14.0. The molecule has 0 spiro atoms. The Hall–Kier alpha value is -3.10. The molecule has 150 valence electrons. The van der Waals surface area contributed by atoms with E-state index in [1.165, 1.54) is 11.8 Å². The van der Waals surface area contributed by atoms with Crippen molar-refractivity contribution in [2.45, 2.75) is 44.6 Å². The van der Waals surface area contributed by atoms with Crippen molar-refractivity contribution in [3.8, 4) is 23.7 Å². The molecule has 1 saturated heterocycles. The number of hydrogen-bond donors (Lipinski definition) is 3. The highest BCUT2D eigenvalue weighted by atomic mass is 16.5. The normalized spacial score (nSPS) is 20.4. The molecule has 0 bridgehead atoms. The van der Waals surface area contributed by atoms with Crippen molar-refractivity contribution in [2.75, 3.05) is 6.61 Å². The predicted octanol–water partition coefficient (Wildman–Crippen LogP) is 0.533. The first-order valence-electron chi connectivity index (χ1n) is 9.42. The van der Waals surface area contributed by atoms with Crippen molar-refractivity contribution in [2.24, 2.45) is 0 Å². The van der Waals surface area contributed by atoms with Crippen LogP contribution in [0.4, 0.5) is 0 Å². The van der Waals surface area contributed by atoms with Gasteiger partial charge in [0.2, 0.25) is 0 Å². The van der Waals surface area contributed by atoms with Crippen molar-refractivity contribution >= 4 is 0 Å². The number of H-pyrrole nitrogens is 1. The van der Waals surface area contributed by atoms with Crippen LogP contribution in [0.25, 0.3) is 0 Å². The summed E-state index contributed by atoms with van der Waals surface area (Å²) < 4.78 is 6.62. The lowest BCUT2D eigenvalue weighted by atomic mass is 10.1. The number of nitrogens with one attached hydrogen (secondary N) is 1. The van der Waals surface area contributed by atoms with Crippen LogP contribution in [0.2, 0.25) is 0 Å². The summed E-state index contributed by atoms with van der Waals surface area (Å²) in [4.78, 5) is 26.3. The molecular formula is C22H22N2O5. The molecule has 3 rings (SSSR count). The Morgan fingerprint density at radius 2 is 1.93 bits per heavy atom. The lowest BCUT2D eigenvalue weighted by molar-refractivity contribution is -0.0459. The molecule has 1 aromatic carbocycles. The number of aromatic amines is 1. The number of benzene rings is 1. The van der Waals surface area contributed by atoms with Gasteiger partial charge in [0.05, 0.1) is 12.7 Å². The second kappa shape index (κ2) is 9.40. The van der Waals surface area contributed by atoms with Crippen molar-refractivity contribution < 1.29 is 14.9 Å². The van der Waals surface area contributed by atoms with Gasteiger partial charge in [-0.1, -0.05) is 31.4 Å². The van der Waals surface area contributed by atoms with Gasteiger partial charge >= 0.3 is 5.69 Å². The number of ether oxygens (including phenoxy) is 1. The van der Waals surface area contributed by atoms with Gasteiger partial charge in [0, 0.05) is 18.2 Å². The summed E-state index contributed by atoms with van der Waals surface area (Å²) >= 11 is 0. The molecular weight excluding hydrogens is 372 g/mol. The van der Waals surface area contributed by atoms with Crippen molar-refractivity contribution in [1.29, 1.82) is 0 Å². The third kappa shape index (κ3) is 5.04. The molecule has 0 aliphatic carbocycles. The fraction of sp³-hybridized carbons (Fsp3) is 0.364. The Morgan fingerprint density at radius 1 is 1.21 bits per heavy atom. The van der Waals surface area contributed by atoms with E-state index in [0.717, 1.165) is 23.0 Å². The molecule has 7 heteroatoms. The number of aryl methyl sites for hydroxylation is 1. The molecule has 3 atom stereocenters. The van der Waals surface area contributed by atoms with Crippen molar-refractivity contribution in [1.82, 2.24) is 9.55 Å². The highest BCUT2D eigenvalue weighted by Gasteiger charge is 2.35. The van der Waals surface area contributed by atoms with Gasteiger partial charge in [-0.25, -0.2) is 4.79 Å². The van der Waals surface area contributed by atoms with E-state index >= 15 is 0 Å². The molecule has 0 saturated carbocycles. The van der Waals surface area contributed by atoms with E-state index in [0.29, 0.717) is 0 Å². The molecule has 1 aliphatic rings. The third-order valence-electron chi connectivity index (χ3n) is 4.62. The van der Waals surface area contributed by atoms with Crippen LogP contribution in [-0.4, -0.2) is 38.6 Å². The maximum absolute atomic E-state index is 12.1. The zero-order valence-electron chi connectivity index (χ0n) is 16.0.